The van der Waals surface area contributed by atoms with Crippen molar-refractivity contribution < 1.29 is 4.79 Å². The Bertz CT molecular complexity index is 1390. The van der Waals surface area contributed by atoms with E-state index in [2.05, 4.69) is 82.3 Å². The number of nitrogens with one attached hydrogen (secondary N) is 2. The second-order valence-electron chi connectivity index (χ2n) is 11.2. The average molecular weight is 539 g/mol. The van der Waals surface area contributed by atoms with Crippen molar-refractivity contribution in [2.45, 2.75) is 83.7 Å². The van der Waals surface area contributed by atoms with Gasteiger partial charge in [0.1, 0.15) is 11.6 Å². The van der Waals surface area contributed by atoms with E-state index in [1.807, 2.05) is 24.2 Å². The molecule has 3 heterocycles. The van der Waals surface area contributed by atoms with Gasteiger partial charge in [0.25, 0.3) is 0 Å². The van der Waals surface area contributed by atoms with Crippen LogP contribution in [0.1, 0.15) is 89.3 Å². The highest BCUT2D eigenvalue weighted by Gasteiger charge is 2.32. The third-order valence-electron chi connectivity index (χ3n) is 8.22. The first-order valence-corrected chi connectivity index (χ1v) is 14.8. The lowest BCUT2D eigenvalue weighted by Crippen LogP contribution is -2.35. The molecule has 0 bridgehead atoms. The number of amides is 1. The summed E-state index contributed by atoms with van der Waals surface area (Å²) in [6, 6.07) is 17.1. The van der Waals surface area contributed by atoms with Crippen LogP contribution in [0.4, 0.5) is 0 Å². The number of benzene rings is 2. The number of nitrogens with two attached hydrogens (primary N) is 1. The Kier molecular flexibility index (Phi) is 8.80. The summed E-state index contributed by atoms with van der Waals surface area (Å²) >= 11 is 0. The molecule has 3 atom stereocenters. The van der Waals surface area contributed by atoms with Crippen LogP contribution in [0.2, 0.25) is 0 Å². The molecule has 1 aliphatic heterocycles. The van der Waals surface area contributed by atoms with Crippen LogP contribution in [0.25, 0.3) is 33.6 Å². The maximum absolute atomic E-state index is 12.8. The molecular weight excluding hydrogens is 496 g/mol. The van der Waals surface area contributed by atoms with Crippen LogP contribution in [0, 0.1) is 0 Å². The van der Waals surface area contributed by atoms with Gasteiger partial charge in [0, 0.05) is 24.9 Å². The Balaban J connectivity index is 1.24. The molecule has 1 fully saturated rings. The van der Waals surface area contributed by atoms with Crippen LogP contribution >= 0.6 is 0 Å². The smallest absolute Gasteiger partial charge is 0.224 e. The molecule has 4 N–H and O–H groups in total. The van der Waals surface area contributed by atoms with Crippen LogP contribution in [0.3, 0.4) is 0 Å². The van der Waals surface area contributed by atoms with Crippen LogP contribution in [-0.4, -0.2) is 43.3 Å². The first kappa shape index (κ1) is 27.8. The number of hydrogen-bond donors (Lipinski definition) is 3. The van der Waals surface area contributed by atoms with Crippen molar-refractivity contribution in [1.29, 1.82) is 0 Å². The third kappa shape index (κ3) is 6.20. The number of aromatic nitrogens is 4. The fraction of sp³-hybridized carbons (Fsp3) is 0.424. The van der Waals surface area contributed by atoms with Gasteiger partial charge >= 0.3 is 0 Å². The number of H-pyrrole nitrogens is 2. The van der Waals surface area contributed by atoms with E-state index in [4.69, 9.17) is 5.73 Å². The number of rotatable bonds is 11. The number of carbonyl (C=O) groups excluding carboxylic acids is 1. The number of nitrogens with zero attached hydrogens (tertiary/aromatic N) is 3. The van der Waals surface area contributed by atoms with Crippen molar-refractivity contribution in [3.8, 4) is 33.6 Å². The molecule has 0 spiro atoms. The predicted molar refractivity (Wildman–Crippen MR) is 162 cm³/mol. The summed E-state index contributed by atoms with van der Waals surface area (Å²) in [5.41, 5.74) is 12.6. The summed E-state index contributed by atoms with van der Waals surface area (Å²) in [6.07, 6.45) is 10.5. The van der Waals surface area contributed by atoms with Gasteiger partial charge in [0.05, 0.1) is 29.8 Å². The van der Waals surface area contributed by atoms with E-state index in [0.29, 0.717) is 12.3 Å². The van der Waals surface area contributed by atoms with E-state index in [1.54, 1.807) is 0 Å². The fourth-order valence-electron chi connectivity index (χ4n) is 5.55. The van der Waals surface area contributed by atoms with Crippen LogP contribution in [-0.2, 0) is 4.79 Å². The molecule has 0 saturated carbocycles. The van der Waals surface area contributed by atoms with E-state index < -0.39 is 0 Å². The molecule has 1 saturated heterocycles. The molecule has 2 aromatic heterocycles. The third-order valence-corrected chi connectivity index (χ3v) is 8.22. The topological polar surface area (TPSA) is 104 Å². The Morgan fingerprint density at radius 1 is 0.950 bits per heavy atom. The first-order chi connectivity index (χ1) is 19.5. The van der Waals surface area contributed by atoms with E-state index in [-0.39, 0.29) is 18.0 Å². The Labute approximate surface area is 237 Å². The van der Waals surface area contributed by atoms with Crippen molar-refractivity contribution in [2.24, 2.45) is 5.73 Å². The van der Waals surface area contributed by atoms with Gasteiger partial charge in [0.15, 0.2) is 0 Å². The van der Waals surface area contributed by atoms with Gasteiger partial charge in [0.2, 0.25) is 5.91 Å². The Hall–Kier alpha value is -3.71. The summed E-state index contributed by atoms with van der Waals surface area (Å²) in [7, 11) is 0. The van der Waals surface area contributed by atoms with Gasteiger partial charge < -0.3 is 20.6 Å². The zero-order chi connectivity index (χ0) is 28.1. The monoisotopic (exact) mass is 538 g/mol. The molecular formula is C33H42N6O. The van der Waals surface area contributed by atoms with E-state index in [1.165, 1.54) is 18.4 Å². The van der Waals surface area contributed by atoms with E-state index >= 15 is 0 Å². The fourth-order valence-corrected chi connectivity index (χ4v) is 5.55. The summed E-state index contributed by atoms with van der Waals surface area (Å²) in [4.78, 5) is 31.1. The van der Waals surface area contributed by atoms with Gasteiger partial charge in [-0.2, -0.15) is 0 Å². The largest absolute Gasteiger partial charge is 0.342 e. The van der Waals surface area contributed by atoms with Crippen molar-refractivity contribution in [2.75, 3.05) is 6.54 Å². The quantitative estimate of drug-likeness (QED) is 0.188. The molecule has 1 aliphatic rings. The highest BCUT2D eigenvalue weighted by Crippen LogP contribution is 2.33. The number of unbranched alkanes of at least 4 members (excludes halogenated alkanes) is 1. The standard InChI is InChI=1S/C33H42N6O/c1-4-6-8-22(3)32-35-20-28(37-32)25-14-10-23(11-15-25)24-12-16-26(17-13-24)29-21-36-33(38-29)30-9-7-18-39(30)31(40)19-27(34)5-2/h10-17,20-22,27,30H,4-9,18-19,34H2,1-3H3,(H,35,37)(H,36,38)/t22?,27-,30?/m1/s1. The maximum Gasteiger partial charge on any atom is 0.224 e. The first-order valence-electron chi connectivity index (χ1n) is 14.8. The van der Waals surface area contributed by atoms with Gasteiger partial charge in [-0.1, -0.05) is 82.1 Å². The summed E-state index contributed by atoms with van der Waals surface area (Å²) in [6.45, 7) is 7.25. The maximum atomic E-state index is 12.8. The van der Waals surface area contributed by atoms with E-state index in [9.17, 15) is 4.79 Å². The highest BCUT2D eigenvalue weighted by atomic mass is 16.2. The van der Waals surface area contributed by atoms with Crippen molar-refractivity contribution in [1.82, 2.24) is 24.8 Å². The van der Waals surface area contributed by atoms with Gasteiger partial charge in [-0.25, -0.2) is 9.97 Å². The molecule has 0 aliphatic carbocycles. The van der Waals surface area contributed by atoms with Crippen LogP contribution in [0.5, 0.6) is 0 Å². The summed E-state index contributed by atoms with van der Waals surface area (Å²) in [5, 5.41) is 0. The second kappa shape index (κ2) is 12.6. The SMILES string of the molecule is CCCCC(C)c1ncc(-c2ccc(-c3ccc(-c4cnc(C5CCCN5C(=O)C[C@H](N)CC)[nH]4)cc3)cc2)[nH]1. The molecule has 4 aromatic rings. The normalized spacial score (nSPS) is 16.8. The Morgan fingerprint density at radius 2 is 1.55 bits per heavy atom. The summed E-state index contributed by atoms with van der Waals surface area (Å²) < 4.78 is 0. The van der Waals surface area contributed by atoms with Gasteiger partial charge in [-0.3, -0.25) is 4.79 Å². The molecule has 2 unspecified atom stereocenters. The number of carbonyl (C=O) groups is 1. The second-order valence-corrected chi connectivity index (χ2v) is 11.2. The van der Waals surface area contributed by atoms with Crippen molar-refractivity contribution in [3.63, 3.8) is 0 Å². The molecule has 0 radical (unpaired) electrons. The van der Waals surface area contributed by atoms with Crippen LogP contribution < -0.4 is 5.73 Å². The number of hydrogen-bond acceptors (Lipinski definition) is 4. The lowest BCUT2D eigenvalue weighted by atomic mass is 10.0. The lowest BCUT2D eigenvalue weighted by Gasteiger charge is -2.24. The lowest BCUT2D eigenvalue weighted by molar-refractivity contribution is -0.132. The number of likely N-dealkylation sites (tertiary alicyclic amines) is 1. The minimum atomic E-state index is -0.0851. The minimum absolute atomic E-state index is 0.00593. The summed E-state index contributed by atoms with van der Waals surface area (Å²) in [5.74, 6) is 2.49. The number of aromatic amines is 2. The number of imidazole rings is 2. The average Bonchev–Trinajstić information content (AvgIpc) is 3.77. The zero-order valence-electron chi connectivity index (χ0n) is 24.0. The molecule has 1 amide bonds. The van der Waals surface area contributed by atoms with E-state index in [0.717, 1.165) is 72.0 Å². The molecule has 7 heteroatoms. The highest BCUT2D eigenvalue weighted by molar-refractivity contribution is 5.77. The molecule has 5 rings (SSSR count). The predicted octanol–water partition coefficient (Wildman–Crippen LogP) is 7.22. The van der Waals surface area contributed by atoms with Gasteiger partial charge in [-0.15, -0.1) is 0 Å². The molecule has 7 nitrogen and oxygen atoms in total. The molecule has 210 valence electrons. The van der Waals surface area contributed by atoms with Crippen molar-refractivity contribution >= 4 is 5.91 Å². The van der Waals surface area contributed by atoms with Crippen LogP contribution in [0.15, 0.2) is 60.9 Å². The minimum Gasteiger partial charge on any atom is -0.342 e. The van der Waals surface area contributed by atoms with Gasteiger partial charge in [-0.05, 0) is 47.9 Å². The Morgan fingerprint density at radius 3 is 2.17 bits per heavy atom. The van der Waals surface area contributed by atoms with Crippen molar-refractivity contribution in [3.05, 3.63) is 72.6 Å². The molecule has 2 aromatic carbocycles. The zero-order valence-corrected chi connectivity index (χ0v) is 24.0. The molecule has 40 heavy (non-hydrogen) atoms.